The normalized spacial score (nSPS) is 17.9. The standard InChI is InChI=1S/C28H31N3O4/c29-23-13-14-24(17-23)30-27(32)26(31-28(33)35-19-21-9-5-2-6-10-21)22-11-15-25(16-12-22)34-18-20-7-3-1-4-8-20/h1-12,15-16,23-24,26H,13-14,17-19,29H2,(H,30,32)(H,31,33)/t23-,24+,26-/m0/s1. The van der Waals surface area contributed by atoms with Crippen LogP contribution in [0.4, 0.5) is 4.79 Å². The van der Waals surface area contributed by atoms with Gasteiger partial charge in [-0.1, -0.05) is 72.8 Å². The monoisotopic (exact) mass is 473 g/mol. The molecule has 1 fully saturated rings. The molecule has 0 radical (unpaired) electrons. The van der Waals surface area contributed by atoms with Gasteiger partial charge >= 0.3 is 6.09 Å². The second-order valence-electron chi connectivity index (χ2n) is 8.76. The van der Waals surface area contributed by atoms with Gasteiger partial charge in [-0.2, -0.15) is 0 Å². The zero-order valence-electron chi connectivity index (χ0n) is 19.6. The molecule has 4 N–H and O–H groups in total. The quantitative estimate of drug-likeness (QED) is 0.432. The molecule has 0 unspecified atom stereocenters. The van der Waals surface area contributed by atoms with Crippen LogP contribution in [-0.4, -0.2) is 24.1 Å². The van der Waals surface area contributed by atoms with Crippen molar-refractivity contribution in [1.29, 1.82) is 0 Å². The predicted octanol–water partition coefficient (Wildman–Crippen LogP) is 4.23. The molecule has 3 atom stereocenters. The molecule has 1 aliphatic carbocycles. The maximum absolute atomic E-state index is 13.2. The van der Waals surface area contributed by atoms with Crippen LogP contribution in [0, 0.1) is 0 Å². The van der Waals surface area contributed by atoms with Crippen molar-refractivity contribution in [2.24, 2.45) is 5.73 Å². The summed E-state index contributed by atoms with van der Waals surface area (Å²) in [5.41, 5.74) is 8.55. The molecule has 0 spiro atoms. The van der Waals surface area contributed by atoms with Crippen molar-refractivity contribution in [3.05, 3.63) is 102 Å². The van der Waals surface area contributed by atoms with E-state index in [-0.39, 0.29) is 24.6 Å². The van der Waals surface area contributed by atoms with E-state index in [0.29, 0.717) is 17.9 Å². The first kappa shape index (κ1) is 24.3. The van der Waals surface area contributed by atoms with E-state index in [1.807, 2.05) is 60.7 Å². The third kappa shape index (κ3) is 7.32. The van der Waals surface area contributed by atoms with Gasteiger partial charge in [-0.15, -0.1) is 0 Å². The fraction of sp³-hybridized carbons (Fsp3) is 0.286. The molecule has 7 heteroatoms. The molecule has 1 aliphatic rings. The highest BCUT2D eigenvalue weighted by molar-refractivity contribution is 5.87. The zero-order chi connectivity index (χ0) is 24.5. The molecule has 0 heterocycles. The van der Waals surface area contributed by atoms with Crippen LogP contribution in [0.25, 0.3) is 0 Å². The minimum absolute atomic E-state index is 0.00406. The second-order valence-corrected chi connectivity index (χ2v) is 8.76. The van der Waals surface area contributed by atoms with E-state index in [0.717, 1.165) is 30.4 Å². The third-order valence-corrected chi connectivity index (χ3v) is 6.02. The fourth-order valence-corrected chi connectivity index (χ4v) is 4.11. The Labute approximate surface area is 205 Å². The maximum Gasteiger partial charge on any atom is 0.408 e. The zero-order valence-corrected chi connectivity index (χ0v) is 19.6. The van der Waals surface area contributed by atoms with Crippen LogP contribution in [0.15, 0.2) is 84.9 Å². The highest BCUT2D eigenvalue weighted by Gasteiger charge is 2.29. The molecule has 3 aromatic carbocycles. The van der Waals surface area contributed by atoms with Gasteiger partial charge in [0, 0.05) is 12.1 Å². The summed E-state index contributed by atoms with van der Waals surface area (Å²) >= 11 is 0. The van der Waals surface area contributed by atoms with E-state index in [4.69, 9.17) is 15.2 Å². The van der Waals surface area contributed by atoms with E-state index >= 15 is 0 Å². The smallest absolute Gasteiger partial charge is 0.408 e. The lowest BCUT2D eigenvalue weighted by Crippen LogP contribution is -2.44. The van der Waals surface area contributed by atoms with Gasteiger partial charge in [-0.05, 0) is 48.1 Å². The van der Waals surface area contributed by atoms with Crippen LogP contribution in [0.3, 0.4) is 0 Å². The molecular weight excluding hydrogens is 442 g/mol. The average molecular weight is 474 g/mol. The lowest BCUT2D eigenvalue weighted by Gasteiger charge is -2.21. The molecule has 7 nitrogen and oxygen atoms in total. The molecule has 4 rings (SSSR count). The lowest BCUT2D eigenvalue weighted by atomic mass is 10.1. The highest BCUT2D eigenvalue weighted by Crippen LogP contribution is 2.22. The summed E-state index contributed by atoms with van der Waals surface area (Å²) in [5.74, 6) is 0.379. The van der Waals surface area contributed by atoms with Crippen molar-refractivity contribution < 1.29 is 19.1 Å². The highest BCUT2D eigenvalue weighted by atomic mass is 16.5. The van der Waals surface area contributed by atoms with Gasteiger partial charge in [-0.3, -0.25) is 4.79 Å². The van der Waals surface area contributed by atoms with Crippen LogP contribution in [0.5, 0.6) is 5.75 Å². The lowest BCUT2D eigenvalue weighted by molar-refractivity contribution is -0.123. The summed E-state index contributed by atoms with van der Waals surface area (Å²) in [5, 5.41) is 5.75. The topological polar surface area (TPSA) is 103 Å². The molecule has 2 amide bonds. The minimum Gasteiger partial charge on any atom is -0.489 e. The molecule has 1 saturated carbocycles. The number of hydrogen-bond donors (Lipinski definition) is 3. The molecule has 182 valence electrons. The van der Waals surface area contributed by atoms with E-state index < -0.39 is 12.1 Å². The summed E-state index contributed by atoms with van der Waals surface area (Å²) in [6.45, 7) is 0.556. The number of benzene rings is 3. The van der Waals surface area contributed by atoms with Crippen LogP contribution in [0.2, 0.25) is 0 Å². The van der Waals surface area contributed by atoms with E-state index in [2.05, 4.69) is 10.6 Å². The Balaban J connectivity index is 1.41. The second kappa shape index (κ2) is 12.0. The first-order valence-electron chi connectivity index (χ1n) is 11.9. The summed E-state index contributed by atoms with van der Waals surface area (Å²) in [6.07, 6.45) is 1.75. The Morgan fingerprint density at radius 1 is 0.857 bits per heavy atom. The number of alkyl carbamates (subject to hydrolysis) is 1. The molecule has 0 aromatic heterocycles. The summed E-state index contributed by atoms with van der Waals surface area (Å²) in [7, 11) is 0. The van der Waals surface area contributed by atoms with Crippen LogP contribution in [-0.2, 0) is 22.7 Å². The number of carbonyl (C=O) groups is 2. The summed E-state index contributed by atoms with van der Waals surface area (Å²) < 4.78 is 11.2. The van der Waals surface area contributed by atoms with Crippen molar-refractivity contribution in [3.8, 4) is 5.75 Å². The Bertz CT molecular complexity index is 1090. The van der Waals surface area contributed by atoms with Gasteiger partial charge < -0.3 is 25.8 Å². The Kier molecular flexibility index (Phi) is 8.35. The number of rotatable bonds is 9. The third-order valence-electron chi connectivity index (χ3n) is 6.02. The first-order valence-corrected chi connectivity index (χ1v) is 11.9. The summed E-state index contributed by atoms with van der Waals surface area (Å²) in [4.78, 5) is 25.7. The SMILES string of the molecule is N[C@H]1CC[C@@H](NC(=O)[C@@H](NC(=O)OCc2ccccc2)c2ccc(OCc3ccccc3)cc2)C1. The Hall–Kier alpha value is -3.84. The predicted molar refractivity (Wildman–Crippen MR) is 133 cm³/mol. The van der Waals surface area contributed by atoms with Crippen molar-refractivity contribution in [1.82, 2.24) is 10.6 Å². The van der Waals surface area contributed by atoms with Crippen LogP contribution >= 0.6 is 0 Å². The van der Waals surface area contributed by atoms with Gasteiger partial charge in [0.15, 0.2) is 0 Å². The first-order chi connectivity index (χ1) is 17.1. The van der Waals surface area contributed by atoms with E-state index in [1.54, 1.807) is 24.3 Å². The largest absolute Gasteiger partial charge is 0.489 e. The number of nitrogens with two attached hydrogens (primary N) is 1. The van der Waals surface area contributed by atoms with E-state index in [1.165, 1.54) is 0 Å². The van der Waals surface area contributed by atoms with Gasteiger partial charge in [0.2, 0.25) is 5.91 Å². The van der Waals surface area contributed by atoms with Gasteiger partial charge in [0.25, 0.3) is 0 Å². The minimum atomic E-state index is -0.904. The molecule has 0 aliphatic heterocycles. The molecule has 35 heavy (non-hydrogen) atoms. The Morgan fingerprint density at radius 3 is 2.09 bits per heavy atom. The number of nitrogens with one attached hydrogen (secondary N) is 2. The van der Waals surface area contributed by atoms with E-state index in [9.17, 15) is 9.59 Å². The van der Waals surface area contributed by atoms with Crippen molar-refractivity contribution in [3.63, 3.8) is 0 Å². The van der Waals surface area contributed by atoms with Gasteiger partial charge in [0.05, 0.1) is 0 Å². The van der Waals surface area contributed by atoms with Crippen LogP contribution < -0.4 is 21.1 Å². The molecule has 0 bridgehead atoms. The number of amides is 2. The summed E-state index contributed by atoms with van der Waals surface area (Å²) in [6, 6.07) is 25.6. The maximum atomic E-state index is 13.2. The molecule has 0 saturated heterocycles. The number of ether oxygens (including phenoxy) is 2. The molecular formula is C28H31N3O4. The molecule has 3 aromatic rings. The van der Waals surface area contributed by atoms with Gasteiger partial charge in [0.1, 0.15) is 25.0 Å². The van der Waals surface area contributed by atoms with Gasteiger partial charge in [-0.25, -0.2) is 4.79 Å². The number of carbonyl (C=O) groups excluding carboxylic acids is 2. The van der Waals surface area contributed by atoms with Crippen molar-refractivity contribution in [2.45, 2.75) is 50.6 Å². The van der Waals surface area contributed by atoms with Crippen LogP contribution in [0.1, 0.15) is 42.0 Å². The fourth-order valence-electron chi connectivity index (χ4n) is 4.11. The van der Waals surface area contributed by atoms with Crippen molar-refractivity contribution >= 4 is 12.0 Å². The Morgan fingerprint density at radius 2 is 1.49 bits per heavy atom. The average Bonchev–Trinajstić information content (AvgIpc) is 3.30. The number of hydrogen-bond acceptors (Lipinski definition) is 5. The van der Waals surface area contributed by atoms with Crippen molar-refractivity contribution in [2.75, 3.05) is 0 Å².